The molecule has 3 aromatic rings. The highest BCUT2D eigenvalue weighted by molar-refractivity contribution is 5.79. The number of imidazole rings is 1. The van der Waals surface area contributed by atoms with Crippen molar-refractivity contribution < 1.29 is 0 Å². The van der Waals surface area contributed by atoms with Crippen molar-refractivity contribution in [1.82, 2.24) is 15.0 Å². The topological polar surface area (TPSA) is 65.4 Å². The first-order chi connectivity index (χ1) is 9.81. The molecule has 1 aromatic carbocycles. The fourth-order valence-electron chi connectivity index (χ4n) is 2.27. The highest BCUT2D eigenvalue weighted by Gasteiger charge is 2.11. The number of nitriles is 1. The summed E-state index contributed by atoms with van der Waals surface area (Å²) >= 11 is 0. The molecule has 0 spiro atoms. The monoisotopic (exact) mass is 262 g/mol. The van der Waals surface area contributed by atoms with Crippen molar-refractivity contribution in [2.24, 2.45) is 0 Å². The van der Waals surface area contributed by atoms with Gasteiger partial charge in [-0.3, -0.25) is 4.98 Å². The van der Waals surface area contributed by atoms with Crippen LogP contribution < -0.4 is 0 Å². The van der Waals surface area contributed by atoms with Crippen LogP contribution >= 0.6 is 0 Å². The summed E-state index contributed by atoms with van der Waals surface area (Å²) in [7, 11) is 0. The number of H-pyrrole nitrogens is 1. The highest BCUT2D eigenvalue weighted by Crippen LogP contribution is 2.24. The molecule has 0 aliphatic carbocycles. The van der Waals surface area contributed by atoms with Crippen molar-refractivity contribution in [2.75, 3.05) is 0 Å². The van der Waals surface area contributed by atoms with E-state index >= 15 is 0 Å². The Morgan fingerprint density at radius 3 is 2.90 bits per heavy atom. The molecule has 0 aliphatic rings. The molecule has 4 heteroatoms. The minimum absolute atomic E-state index is 0.0685. The van der Waals surface area contributed by atoms with E-state index in [1.165, 1.54) is 0 Å². The molecule has 20 heavy (non-hydrogen) atoms. The number of aromatic amines is 1. The standard InChI is InChI=1S/C16H14N4/c1-2-11(10-17)12-6-7-13-15(9-12)20-16(19-13)14-5-3-4-8-18-14/h3-9,11H,2H2,1H3,(H,19,20). The molecule has 0 saturated heterocycles. The van der Waals surface area contributed by atoms with Gasteiger partial charge in [0.2, 0.25) is 0 Å². The molecule has 2 heterocycles. The Balaban J connectivity index is 2.06. The molecule has 3 rings (SSSR count). The third-order valence-electron chi connectivity index (χ3n) is 3.38. The molecule has 0 fully saturated rings. The molecular formula is C16H14N4. The van der Waals surface area contributed by atoms with Crippen LogP contribution in [0.25, 0.3) is 22.6 Å². The van der Waals surface area contributed by atoms with E-state index in [1.807, 2.05) is 43.3 Å². The zero-order chi connectivity index (χ0) is 13.9. The molecular weight excluding hydrogens is 248 g/mol. The van der Waals surface area contributed by atoms with E-state index in [9.17, 15) is 0 Å². The summed E-state index contributed by atoms with van der Waals surface area (Å²) in [5.74, 6) is 0.684. The van der Waals surface area contributed by atoms with E-state index in [-0.39, 0.29) is 5.92 Å². The average molecular weight is 262 g/mol. The molecule has 0 aliphatic heterocycles. The number of fused-ring (bicyclic) bond motifs is 1. The molecule has 98 valence electrons. The number of aromatic nitrogens is 3. The number of pyridine rings is 1. The van der Waals surface area contributed by atoms with Crippen LogP contribution in [0, 0.1) is 11.3 Å². The summed E-state index contributed by atoms with van der Waals surface area (Å²) < 4.78 is 0. The van der Waals surface area contributed by atoms with Crippen molar-refractivity contribution in [3.05, 3.63) is 48.2 Å². The van der Waals surface area contributed by atoms with Gasteiger partial charge in [-0.05, 0) is 36.2 Å². The lowest BCUT2D eigenvalue weighted by Crippen LogP contribution is -1.92. The molecule has 2 aromatic heterocycles. The zero-order valence-corrected chi connectivity index (χ0v) is 11.2. The third kappa shape index (κ3) is 2.14. The van der Waals surface area contributed by atoms with Crippen LogP contribution in [0.5, 0.6) is 0 Å². The van der Waals surface area contributed by atoms with Crippen LogP contribution in [-0.4, -0.2) is 15.0 Å². The summed E-state index contributed by atoms with van der Waals surface area (Å²) in [5, 5.41) is 9.15. The molecule has 0 saturated carbocycles. The van der Waals surface area contributed by atoms with E-state index in [2.05, 4.69) is 21.0 Å². The molecule has 1 atom stereocenters. The van der Waals surface area contributed by atoms with Gasteiger partial charge in [-0.2, -0.15) is 5.26 Å². The van der Waals surface area contributed by atoms with Crippen molar-refractivity contribution in [2.45, 2.75) is 19.3 Å². The van der Waals surface area contributed by atoms with Crippen LogP contribution in [0.3, 0.4) is 0 Å². The fraction of sp³-hybridized carbons (Fsp3) is 0.188. The van der Waals surface area contributed by atoms with Gasteiger partial charge in [-0.15, -0.1) is 0 Å². The zero-order valence-electron chi connectivity index (χ0n) is 11.2. The Morgan fingerprint density at radius 1 is 1.30 bits per heavy atom. The largest absolute Gasteiger partial charge is 0.337 e. The smallest absolute Gasteiger partial charge is 0.157 e. The second kappa shape index (κ2) is 5.14. The molecule has 0 bridgehead atoms. The number of rotatable bonds is 3. The van der Waals surface area contributed by atoms with Crippen LogP contribution in [0.2, 0.25) is 0 Å². The summed E-state index contributed by atoms with van der Waals surface area (Å²) in [4.78, 5) is 12.1. The van der Waals surface area contributed by atoms with Gasteiger partial charge in [0, 0.05) is 6.20 Å². The predicted molar refractivity (Wildman–Crippen MR) is 78.0 cm³/mol. The van der Waals surface area contributed by atoms with Gasteiger partial charge in [0.1, 0.15) is 5.69 Å². The maximum atomic E-state index is 9.15. The van der Waals surface area contributed by atoms with E-state index in [1.54, 1.807) is 6.20 Å². The van der Waals surface area contributed by atoms with Crippen molar-refractivity contribution >= 4 is 11.0 Å². The van der Waals surface area contributed by atoms with Gasteiger partial charge in [0.05, 0.1) is 23.0 Å². The van der Waals surface area contributed by atoms with Gasteiger partial charge >= 0.3 is 0 Å². The predicted octanol–water partition coefficient (Wildman–Crippen LogP) is 3.64. The molecule has 1 N–H and O–H groups in total. The second-order valence-corrected chi connectivity index (χ2v) is 4.67. The summed E-state index contributed by atoms with van der Waals surface area (Å²) in [6.07, 6.45) is 2.56. The van der Waals surface area contributed by atoms with Gasteiger partial charge in [0.15, 0.2) is 5.82 Å². The lowest BCUT2D eigenvalue weighted by atomic mass is 9.98. The highest BCUT2D eigenvalue weighted by atomic mass is 14.9. The lowest BCUT2D eigenvalue weighted by Gasteiger charge is -2.05. The first kappa shape index (κ1) is 12.4. The summed E-state index contributed by atoms with van der Waals surface area (Å²) in [6, 6.07) is 14.0. The second-order valence-electron chi connectivity index (χ2n) is 4.67. The molecule has 1 unspecified atom stereocenters. The number of nitrogens with one attached hydrogen (secondary N) is 1. The minimum atomic E-state index is -0.0685. The van der Waals surface area contributed by atoms with Crippen molar-refractivity contribution in [3.63, 3.8) is 0 Å². The Hall–Kier alpha value is -2.67. The van der Waals surface area contributed by atoms with Crippen molar-refractivity contribution in [1.29, 1.82) is 5.26 Å². The lowest BCUT2D eigenvalue weighted by molar-refractivity contribution is 0.819. The van der Waals surface area contributed by atoms with E-state index in [0.717, 1.165) is 34.5 Å². The van der Waals surface area contributed by atoms with Gasteiger partial charge in [-0.1, -0.05) is 19.1 Å². The Kier molecular flexibility index (Phi) is 3.18. The van der Waals surface area contributed by atoms with Gasteiger partial charge in [0.25, 0.3) is 0 Å². The molecule has 0 radical (unpaired) electrons. The third-order valence-corrected chi connectivity index (χ3v) is 3.38. The van der Waals surface area contributed by atoms with Crippen molar-refractivity contribution in [3.8, 4) is 17.6 Å². The average Bonchev–Trinajstić information content (AvgIpc) is 2.93. The quantitative estimate of drug-likeness (QED) is 0.783. The first-order valence-corrected chi connectivity index (χ1v) is 6.62. The van der Waals surface area contributed by atoms with Crippen LogP contribution in [-0.2, 0) is 0 Å². The number of hydrogen-bond donors (Lipinski definition) is 1. The van der Waals surface area contributed by atoms with Gasteiger partial charge in [-0.25, -0.2) is 4.98 Å². The Morgan fingerprint density at radius 2 is 2.20 bits per heavy atom. The number of nitrogens with zero attached hydrogens (tertiary/aromatic N) is 3. The van der Waals surface area contributed by atoms with Crippen LogP contribution in [0.4, 0.5) is 0 Å². The van der Waals surface area contributed by atoms with E-state index in [4.69, 9.17) is 5.26 Å². The van der Waals surface area contributed by atoms with Crippen LogP contribution in [0.1, 0.15) is 24.8 Å². The Labute approximate surface area is 117 Å². The summed E-state index contributed by atoms with van der Waals surface area (Å²) in [5.41, 5.74) is 3.68. The summed E-state index contributed by atoms with van der Waals surface area (Å²) in [6.45, 7) is 2.02. The Bertz CT molecular complexity index is 768. The fourth-order valence-corrected chi connectivity index (χ4v) is 2.27. The van der Waals surface area contributed by atoms with E-state index in [0.29, 0.717) is 0 Å². The normalized spacial score (nSPS) is 12.2. The minimum Gasteiger partial charge on any atom is -0.337 e. The maximum Gasteiger partial charge on any atom is 0.157 e. The SMILES string of the molecule is CCC(C#N)c1ccc2nc(-c3ccccn3)[nH]c2c1. The first-order valence-electron chi connectivity index (χ1n) is 6.62. The van der Waals surface area contributed by atoms with E-state index < -0.39 is 0 Å². The van der Waals surface area contributed by atoms with Crippen LogP contribution in [0.15, 0.2) is 42.6 Å². The molecule has 0 amide bonds. The molecule has 4 nitrogen and oxygen atoms in total. The number of benzene rings is 1. The van der Waals surface area contributed by atoms with Gasteiger partial charge < -0.3 is 4.98 Å². The maximum absolute atomic E-state index is 9.15. The number of hydrogen-bond acceptors (Lipinski definition) is 3.